The average molecular weight is 223 g/mol. The van der Waals surface area contributed by atoms with Gasteiger partial charge in [0.05, 0.1) is 13.7 Å². The molecule has 0 unspecified atom stereocenters. The van der Waals surface area contributed by atoms with Crippen molar-refractivity contribution in [2.45, 2.75) is 24.9 Å². The second kappa shape index (κ2) is 4.31. The van der Waals surface area contributed by atoms with Crippen molar-refractivity contribution >= 4 is 0 Å². The molecule has 1 fully saturated rings. The SMILES string of the molecule is COc1ccc(CNC2(CO)CC2)cc1O. The van der Waals surface area contributed by atoms with E-state index >= 15 is 0 Å². The summed E-state index contributed by atoms with van der Waals surface area (Å²) in [5.41, 5.74) is 0.910. The maximum Gasteiger partial charge on any atom is 0.160 e. The van der Waals surface area contributed by atoms with Crippen LogP contribution < -0.4 is 10.1 Å². The van der Waals surface area contributed by atoms with E-state index in [0.29, 0.717) is 12.3 Å². The first-order valence-corrected chi connectivity index (χ1v) is 5.41. The zero-order valence-corrected chi connectivity index (χ0v) is 9.36. The van der Waals surface area contributed by atoms with Gasteiger partial charge in [-0.25, -0.2) is 0 Å². The van der Waals surface area contributed by atoms with Crippen LogP contribution in [0.15, 0.2) is 18.2 Å². The fourth-order valence-corrected chi connectivity index (χ4v) is 1.68. The number of nitrogens with one attached hydrogen (secondary N) is 1. The van der Waals surface area contributed by atoms with E-state index in [-0.39, 0.29) is 17.9 Å². The fraction of sp³-hybridized carbons (Fsp3) is 0.500. The van der Waals surface area contributed by atoms with Crippen LogP contribution in [0.3, 0.4) is 0 Å². The Labute approximate surface area is 94.9 Å². The standard InChI is InChI=1S/C12H17NO3/c1-16-11-3-2-9(6-10(11)15)7-13-12(8-14)4-5-12/h2-3,6,13-15H,4-5,7-8H2,1H3. The predicted molar refractivity (Wildman–Crippen MR) is 60.5 cm³/mol. The molecule has 1 aromatic rings. The lowest BCUT2D eigenvalue weighted by Crippen LogP contribution is -2.34. The van der Waals surface area contributed by atoms with E-state index in [4.69, 9.17) is 9.84 Å². The van der Waals surface area contributed by atoms with Gasteiger partial charge in [-0.3, -0.25) is 0 Å². The molecule has 0 heterocycles. The highest BCUT2D eigenvalue weighted by Crippen LogP contribution is 2.35. The van der Waals surface area contributed by atoms with Crippen LogP contribution in [0.2, 0.25) is 0 Å². The van der Waals surface area contributed by atoms with Crippen molar-refractivity contribution in [2.75, 3.05) is 13.7 Å². The van der Waals surface area contributed by atoms with Crippen molar-refractivity contribution < 1.29 is 14.9 Å². The van der Waals surface area contributed by atoms with Crippen LogP contribution >= 0.6 is 0 Å². The Bertz CT molecular complexity index is 375. The lowest BCUT2D eigenvalue weighted by molar-refractivity contribution is 0.229. The molecule has 4 nitrogen and oxygen atoms in total. The van der Waals surface area contributed by atoms with E-state index in [2.05, 4.69) is 5.32 Å². The highest BCUT2D eigenvalue weighted by Gasteiger charge is 2.41. The van der Waals surface area contributed by atoms with Crippen molar-refractivity contribution in [1.82, 2.24) is 5.32 Å². The number of phenols is 1. The quantitative estimate of drug-likeness (QED) is 0.697. The Kier molecular flexibility index (Phi) is 3.03. The summed E-state index contributed by atoms with van der Waals surface area (Å²) >= 11 is 0. The number of methoxy groups -OCH3 is 1. The average Bonchev–Trinajstić information content (AvgIpc) is 3.07. The molecule has 4 heteroatoms. The molecule has 3 N–H and O–H groups in total. The molecule has 0 spiro atoms. The van der Waals surface area contributed by atoms with E-state index in [1.54, 1.807) is 12.1 Å². The summed E-state index contributed by atoms with van der Waals surface area (Å²) < 4.78 is 4.97. The lowest BCUT2D eigenvalue weighted by atomic mass is 10.2. The zero-order chi connectivity index (χ0) is 11.6. The van der Waals surface area contributed by atoms with Crippen LogP contribution in [0.5, 0.6) is 11.5 Å². The minimum Gasteiger partial charge on any atom is -0.504 e. The van der Waals surface area contributed by atoms with Gasteiger partial charge in [-0.05, 0) is 30.5 Å². The Morgan fingerprint density at radius 1 is 1.44 bits per heavy atom. The molecule has 1 aliphatic rings. The normalized spacial score (nSPS) is 17.1. The highest BCUT2D eigenvalue weighted by molar-refractivity contribution is 5.41. The molecule has 88 valence electrons. The Morgan fingerprint density at radius 3 is 2.69 bits per heavy atom. The molecule has 0 bridgehead atoms. The number of aliphatic hydroxyl groups excluding tert-OH is 1. The topological polar surface area (TPSA) is 61.7 Å². The van der Waals surface area contributed by atoms with Gasteiger partial charge in [-0.1, -0.05) is 6.07 Å². The Morgan fingerprint density at radius 2 is 2.19 bits per heavy atom. The first-order valence-electron chi connectivity index (χ1n) is 5.41. The van der Waals surface area contributed by atoms with Gasteiger partial charge in [0.1, 0.15) is 0 Å². The van der Waals surface area contributed by atoms with E-state index in [9.17, 15) is 5.11 Å². The minimum absolute atomic E-state index is 0.0739. The van der Waals surface area contributed by atoms with Crippen LogP contribution in [-0.2, 0) is 6.54 Å². The van der Waals surface area contributed by atoms with Gasteiger partial charge in [0.25, 0.3) is 0 Å². The monoisotopic (exact) mass is 223 g/mol. The minimum atomic E-state index is -0.0739. The Balaban J connectivity index is 1.97. The van der Waals surface area contributed by atoms with Gasteiger partial charge in [-0.2, -0.15) is 0 Å². The first-order chi connectivity index (χ1) is 7.69. The summed E-state index contributed by atoms with van der Waals surface area (Å²) in [5.74, 6) is 0.627. The van der Waals surface area contributed by atoms with Gasteiger partial charge in [-0.15, -0.1) is 0 Å². The summed E-state index contributed by atoms with van der Waals surface area (Å²) in [6, 6.07) is 5.32. The second-order valence-electron chi connectivity index (χ2n) is 4.30. The molecule has 1 saturated carbocycles. The molecule has 2 rings (SSSR count). The lowest BCUT2D eigenvalue weighted by Gasteiger charge is -2.14. The summed E-state index contributed by atoms with van der Waals surface area (Å²) in [4.78, 5) is 0. The summed E-state index contributed by atoms with van der Waals surface area (Å²) in [6.07, 6.45) is 2.04. The molecule has 1 aliphatic carbocycles. The number of ether oxygens (including phenoxy) is 1. The third-order valence-corrected chi connectivity index (χ3v) is 3.07. The molecule has 0 saturated heterocycles. The first kappa shape index (κ1) is 11.2. The number of hydrogen-bond donors (Lipinski definition) is 3. The molecule has 16 heavy (non-hydrogen) atoms. The number of benzene rings is 1. The van der Waals surface area contributed by atoms with Crippen molar-refractivity contribution in [2.24, 2.45) is 0 Å². The van der Waals surface area contributed by atoms with E-state index in [1.807, 2.05) is 6.07 Å². The van der Waals surface area contributed by atoms with Crippen molar-refractivity contribution in [3.63, 3.8) is 0 Å². The molecule has 0 atom stereocenters. The molecule has 0 amide bonds. The molecular formula is C12H17NO3. The summed E-state index contributed by atoms with van der Waals surface area (Å²) in [7, 11) is 1.53. The van der Waals surface area contributed by atoms with Crippen LogP contribution in [-0.4, -0.2) is 29.5 Å². The number of phenolic OH excluding ortho intramolecular Hbond substituents is 1. The Hall–Kier alpha value is -1.26. The number of hydrogen-bond acceptors (Lipinski definition) is 4. The van der Waals surface area contributed by atoms with Gasteiger partial charge >= 0.3 is 0 Å². The van der Waals surface area contributed by atoms with E-state index < -0.39 is 0 Å². The molecule has 0 aromatic heterocycles. The number of aromatic hydroxyl groups is 1. The van der Waals surface area contributed by atoms with Gasteiger partial charge in [0, 0.05) is 12.1 Å². The third kappa shape index (κ3) is 2.28. The van der Waals surface area contributed by atoms with Crippen LogP contribution in [0.25, 0.3) is 0 Å². The number of rotatable bonds is 5. The van der Waals surface area contributed by atoms with Crippen molar-refractivity contribution in [3.05, 3.63) is 23.8 Å². The van der Waals surface area contributed by atoms with Gasteiger partial charge in [0.2, 0.25) is 0 Å². The van der Waals surface area contributed by atoms with Gasteiger partial charge in [0.15, 0.2) is 11.5 Å². The largest absolute Gasteiger partial charge is 0.504 e. The van der Waals surface area contributed by atoms with Crippen molar-refractivity contribution in [3.8, 4) is 11.5 Å². The van der Waals surface area contributed by atoms with E-state index in [0.717, 1.165) is 18.4 Å². The van der Waals surface area contributed by atoms with Gasteiger partial charge < -0.3 is 20.3 Å². The molecule has 1 aromatic carbocycles. The van der Waals surface area contributed by atoms with E-state index in [1.165, 1.54) is 7.11 Å². The summed E-state index contributed by atoms with van der Waals surface area (Å²) in [6.45, 7) is 0.827. The predicted octanol–water partition coefficient (Wildman–Crippen LogP) is 1.02. The summed E-state index contributed by atoms with van der Waals surface area (Å²) in [5, 5.41) is 22.0. The molecule has 0 aliphatic heterocycles. The fourth-order valence-electron chi connectivity index (χ4n) is 1.68. The second-order valence-corrected chi connectivity index (χ2v) is 4.30. The maximum absolute atomic E-state index is 9.59. The number of aliphatic hydroxyl groups is 1. The van der Waals surface area contributed by atoms with Crippen LogP contribution in [0.1, 0.15) is 18.4 Å². The maximum atomic E-state index is 9.59. The molecule has 0 radical (unpaired) electrons. The zero-order valence-electron chi connectivity index (χ0n) is 9.36. The van der Waals surface area contributed by atoms with Crippen molar-refractivity contribution in [1.29, 1.82) is 0 Å². The van der Waals surface area contributed by atoms with Crippen LogP contribution in [0, 0.1) is 0 Å². The third-order valence-electron chi connectivity index (χ3n) is 3.07. The highest BCUT2D eigenvalue weighted by atomic mass is 16.5. The molecular weight excluding hydrogens is 206 g/mol. The van der Waals surface area contributed by atoms with Crippen LogP contribution in [0.4, 0.5) is 0 Å². The smallest absolute Gasteiger partial charge is 0.160 e.